The summed E-state index contributed by atoms with van der Waals surface area (Å²) in [6, 6.07) is 2.84. The van der Waals surface area contributed by atoms with Gasteiger partial charge in [-0.1, -0.05) is 19.3 Å². The second-order valence-electron chi connectivity index (χ2n) is 6.99. The van der Waals surface area contributed by atoms with E-state index in [1.807, 2.05) is 0 Å². The van der Waals surface area contributed by atoms with Crippen LogP contribution < -0.4 is 10.6 Å². The Bertz CT molecular complexity index is 658. The predicted molar refractivity (Wildman–Crippen MR) is 93.1 cm³/mol. The third kappa shape index (κ3) is 4.56. The maximum Gasteiger partial charge on any atom is 0.371 e. The molecule has 1 saturated carbocycles. The number of piperidine rings is 1. The Labute approximate surface area is 151 Å². The second kappa shape index (κ2) is 8.25. The number of carbonyl (C=O) groups is 3. The van der Waals surface area contributed by atoms with Gasteiger partial charge in [0.15, 0.2) is 5.76 Å². The molecule has 0 aromatic carbocycles. The summed E-state index contributed by atoms with van der Waals surface area (Å²) in [5, 5.41) is 14.9. The van der Waals surface area contributed by atoms with Crippen molar-refractivity contribution in [3.63, 3.8) is 0 Å². The Morgan fingerprint density at radius 3 is 2.08 bits per heavy atom. The van der Waals surface area contributed by atoms with E-state index < -0.39 is 5.97 Å². The molecule has 3 N–H and O–H groups in total. The lowest BCUT2D eigenvalue weighted by molar-refractivity contribution is 0.0638. The van der Waals surface area contributed by atoms with Crippen molar-refractivity contribution in [3.8, 4) is 0 Å². The number of hydrogen-bond acceptors (Lipinski definition) is 4. The maximum atomic E-state index is 12.4. The van der Waals surface area contributed by atoms with E-state index in [0.717, 1.165) is 12.8 Å². The molecule has 1 aromatic heterocycles. The first-order chi connectivity index (χ1) is 12.5. The highest BCUT2D eigenvalue weighted by molar-refractivity contribution is 5.93. The van der Waals surface area contributed by atoms with Crippen LogP contribution in [0.15, 0.2) is 16.5 Å². The van der Waals surface area contributed by atoms with Crippen molar-refractivity contribution in [1.82, 2.24) is 15.5 Å². The molecule has 26 heavy (non-hydrogen) atoms. The molecule has 3 rings (SSSR count). The summed E-state index contributed by atoms with van der Waals surface area (Å²) < 4.78 is 5.07. The van der Waals surface area contributed by atoms with Gasteiger partial charge in [0.2, 0.25) is 5.76 Å². The van der Waals surface area contributed by atoms with Crippen LogP contribution in [0.5, 0.6) is 0 Å². The van der Waals surface area contributed by atoms with Gasteiger partial charge in [-0.25, -0.2) is 9.59 Å². The van der Waals surface area contributed by atoms with Crippen LogP contribution in [-0.4, -0.2) is 53.1 Å². The number of carbonyl (C=O) groups excluding carboxylic acids is 2. The molecule has 2 aliphatic rings. The average molecular weight is 363 g/mol. The summed E-state index contributed by atoms with van der Waals surface area (Å²) in [7, 11) is 0. The van der Waals surface area contributed by atoms with Crippen LogP contribution in [0.3, 0.4) is 0 Å². The lowest BCUT2D eigenvalue weighted by Crippen LogP contribution is -2.51. The van der Waals surface area contributed by atoms with Gasteiger partial charge in [0.1, 0.15) is 0 Å². The zero-order chi connectivity index (χ0) is 18.5. The van der Waals surface area contributed by atoms with Crippen molar-refractivity contribution in [2.45, 2.75) is 57.0 Å². The highest BCUT2D eigenvalue weighted by atomic mass is 16.4. The number of carboxylic acid groups (broad SMARTS) is 1. The molecule has 2 fully saturated rings. The van der Waals surface area contributed by atoms with Gasteiger partial charge in [-0.3, -0.25) is 4.79 Å². The Morgan fingerprint density at radius 1 is 0.923 bits per heavy atom. The summed E-state index contributed by atoms with van der Waals surface area (Å²) >= 11 is 0. The van der Waals surface area contributed by atoms with Gasteiger partial charge in [0, 0.05) is 25.2 Å². The van der Waals surface area contributed by atoms with Gasteiger partial charge in [-0.05, 0) is 37.8 Å². The summed E-state index contributed by atoms with van der Waals surface area (Å²) in [5.41, 5.74) is 0. The number of furan rings is 1. The van der Waals surface area contributed by atoms with Crippen LogP contribution in [0.1, 0.15) is 66.1 Å². The van der Waals surface area contributed by atoms with Gasteiger partial charge in [0.05, 0.1) is 0 Å². The molecule has 1 aliphatic carbocycles. The molecule has 0 atom stereocenters. The Kier molecular flexibility index (Phi) is 5.80. The van der Waals surface area contributed by atoms with Crippen LogP contribution in [-0.2, 0) is 0 Å². The van der Waals surface area contributed by atoms with Crippen molar-refractivity contribution in [2.75, 3.05) is 13.1 Å². The van der Waals surface area contributed by atoms with E-state index in [2.05, 4.69) is 10.6 Å². The third-order valence-corrected chi connectivity index (χ3v) is 5.09. The number of rotatable bonds is 4. The molecule has 2 heterocycles. The molecule has 142 valence electrons. The minimum atomic E-state index is -1.20. The maximum absolute atomic E-state index is 12.4. The van der Waals surface area contributed by atoms with E-state index in [0.29, 0.717) is 25.9 Å². The molecule has 0 spiro atoms. The molecule has 1 saturated heterocycles. The van der Waals surface area contributed by atoms with E-state index in [-0.39, 0.29) is 35.5 Å². The number of amides is 3. The van der Waals surface area contributed by atoms with Crippen LogP contribution >= 0.6 is 0 Å². The number of nitrogens with one attached hydrogen (secondary N) is 2. The lowest BCUT2D eigenvalue weighted by Gasteiger charge is -2.32. The third-order valence-electron chi connectivity index (χ3n) is 5.09. The van der Waals surface area contributed by atoms with Crippen LogP contribution in [0.25, 0.3) is 0 Å². The van der Waals surface area contributed by atoms with Gasteiger partial charge < -0.3 is 25.1 Å². The van der Waals surface area contributed by atoms with Crippen molar-refractivity contribution in [3.05, 3.63) is 23.7 Å². The molecular formula is C18H25N3O5. The van der Waals surface area contributed by atoms with Crippen LogP contribution in [0.2, 0.25) is 0 Å². The lowest BCUT2D eigenvalue weighted by atomic mass is 9.96. The standard InChI is InChI=1S/C18H25N3O5/c22-16(14-6-7-15(26-14)17(23)24)21-10-8-13(9-11-21)20-18(25)19-12-4-2-1-3-5-12/h6-7,12-13H,1-5,8-11H2,(H,23,24)(H2,19,20,25). The van der Waals surface area contributed by atoms with Crippen molar-refractivity contribution in [2.24, 2.45) is 0 Å². The quantitative estimate of drug-likeness (QED) is 0.759. The summed E-state index contributed by atoms with van der Waals surface area (Å²) in [6.07, 6.45) is 7.00. The van der Waals surface area contributed by atoms with Crippen LogP contribution in [0.4, 0.5) is 4.79 Å². The molecule has 3 amide bonds. The normalized spacial score (nSPS) is 19.2. The van der Waals surface area contributed by atoms with E-state index in [1.165, 1.54) is 31.4 Å². The Morgan fingerprint density at radius 2 is 1.50 bits per heavy atom. The fourth-order valence-electron chi connectivity index (χ4n) is 3.61. The van der Waals surface area contributed by atoms with Crippen molar-refractivity contribution in [1.29, 1.82) is 0 Å². The Hall–Kier alpha value is -2.51. The number of nitrogens with zero attached hydrogens (tertiary/aromatic N) is 1. The zero-order valence-corrected chi connectivity index (χ0v) is 14.7. The predicted octanol–water partition coefficient (Wildman–Crippen LogP) is 2.21. The van der Waals surface area contributed by atoms with Gasteiger partial charge in [-0.15, -0.1) is 0 Å². The highest BCUT2D eigenvalue weighted by Gasteiger charge is 2.27. The van der Waals surface area contributed by atoms with Gasteiger partial charge >= 0.3 is 12.0 Å². The van der Waals surface area contributed by atoms with E-state index in [1.54, 1.807) is 4.90 Å². The van der Waals surface area contributed by atoms with Crippen molar-refractivity contribution >= 4 is 17.9 Å². The fourth-order valence-corrected chi connectivity index (χ4v) is 3.61. The van der Waals surface area contributed by atoms with Crippen molar-refractivity contribution < 1.29 is 23.9 Å². The number of carboxylic acids is 1. The van der Waals surface area contributed by atoms with Gasteiger partial charge in [-0.2, -0.15) is 0 Å². The minimum Gasteiger partial charge on any atom is -0.475 e. The van der Waals surface area contributed by atoms with Crippen LogP contribution in [0, 0.1) is 0 Å². The molecule has 1 aromatic rings. The molecule has 8 heteroatoms. The zero-order valence-electron chi connectivity index (χ0n) is 14.7. The summed E-state index contributed by atoms with van der Waals surface area (Å²) in [6.45, 7) is 0.993. The van der Waals surface area contributed by atoms with E-state index >= 15 is 0 Å². The topological polar surface area (TPSA) is 112 Å². The number of hydrogen-bond donors (Lipinski definition) is 3. The number of urea groups is 1. The molecular weight excluding hydrogens is 338 g/mol. The first-order valence-corrected chi connectivity index (χ1v) is 9.22. The fraction of sp³-hybridized carbons (Fsp3) is 0.611. The second-order valence-corrected chi connectivity index (χ2v) is 6.99. The first-order valence-electron chi connectivity index (χ1n) is 9.22. The van der Waals surface area contributed by atoms with Gasteiger partial charge in [0.25, 0.3) is 5.91 Å². The SMILES string of the molecule is O=C(NC1CCCCC1)NC1CCN(C(=O)c2ccc(C(=O)O)o2)CC1. The summed E-state index contributed by atoms with van der Waals surface area (Å²) in [5.74, 6) is -1.73. The van der Waals surface area contributed by atoms with E-state index in [4.69, 9.17) is 9.52 Å². The smallest absolute Gasteiger partial charge is 0.371 e. The average Bonchev–Trinajstić information content (AvgIpc) is 3.13. The molecule has 0 unspecified atom stereocenters. The molecule has 8 nitrogen and oxygen atoms in total. The minimum absolute atomic E-state index is 0.0313. The molecule has 1 aliphatic heterocycles. The van der Waals surface area contributed by atoms with E-state index in [9.17, 15) is 14.4 Å². The molecule has 0 radical (unpaired) electrons. The Balaban J connectivity index is 1.43. The number of aromatic carboxylic acids is 1. The molecule has 0 bridgehead atoms. The highest BCUT2D eigenvalue weighted by Crippen LogP contribution is 2.18. The largest absolute Gasteiger partial charge is 0.475 e. The first kappa shape index (κ1) is 18.3. The summed E-state index contributed by atoms with van der Waals surface area (Å²) in [4.78, 5) is 36.9. The monoisotopic (exact) mass is 363 g/mol. The number of likely N-dealkylation sites (tertiary alicyclic amines) is 1.